The second kappa shape index (κ2) is 6.16. The van der Waals surface area contributed by atoms with Gasteiger partial charge in [-0.05, 0) is 30.5 Å². The van der Waals surface area contributed by atoms with Gasteiger partial charge in [0.25, 0.3) is 0 Å². The molecule has 0 aromatic heterocycles. The first-order valence-corrected chi connectivity index (χ1v) is 5.59. The molecule has 0 aliphatic carbocycles. The third kappa shape index (κ3) is 3.57. The van der Waals surface area contributed by atoms with E-state index in [4.69, 9.17) is 10.5 Å². The Hall–Kier alpha value is -1.51. The number of hydrogen-bond donors (Lipinski definition) is 1. The first-order valence-electron chi connectivity index (χ1n) is 5.59. The van der Waals surface area contributed by atoms with Gasteiger partial charge in [0.15, 0.2) is 0 Å². The maximum Gasteiger partial charge on any atom is 0.220 e. The Morgan fingerprint density at radius 3 is 2.81 bits per heavy atom. The van der Waals surface area contributed by atoms with Crippen LogP contribution in [0, 0.1) is 5.92 Å². The third-order valence-electron chi connectivity index (χ3n) is 2.66. The van der Waals surface area contributed by atoms with Gasteiger partial charge in [-0.1, -0.05) is 25.5 Å². The van der Waals surface area contributed by atoms with Crippen molar-refractivity contribution in [3.63, 3.8) is 0 Å². The van der Waals surface area contributed by atoms with Crippen LogP contribution in [0.5, 0.6) is 5.75 Å². The van der Waals surface area contributed by atoms with E-state index < -0.39 is 0 Å². The van der Waals surface area contributed by atoms with E-state index in [9.17, 15) is 4.79 Å². The summed E-state index contributed by atoms with van der Waals surface area (Å²) in [5.41, 5.74) is 6.47. The molecule has 0 aliphatic rings. The van der Waals surface area contributed by atoms with Gasteiger partial charge in [-0.3, -0.25) is 4.79 Å². The van der Waals surface area contributed by atoms with E-state index in [1.165, 1.54) is 0 Å². The fraction of sp³-hybridized carbons (Fsp3) is 0.462. The number of carbonyl (C=O) groups is 1. The van der Waals surface area contributed by atoms with Crippen molar-refractivity contribution >= 4 is 5.91 Å². The number of carbonyl (C=O) groups excluding carboxylic acids is 1. The summed E-state index contributed by atoms with van der Waals surface area (Å²) < 4.78 is 5.14. The van der Waals surface area contributed by atoms with Crippen LogP contribution in [-0.4, -0.2) is 13.0 Å². The van der Waals surface area contributed by atoms with Crippen molar-refractivity contribution in [1.29, 1.82) is 0 Å². The van der Waals surface area contributed by atoms with E-state index in [0.29, 0.717) is 6.42 Å². The van der Waals surface area contributed by atoms with Crippen LogP contribution >= 0.6 is 0 Å². The molecule has 88 valence electrons. The summed E-state index contributed by atoms with van der Waals surface area (Å²) in [5, 5.41) is 0. The Morgan fingerprint density at radius 2 is 2.25 bits per heavy atom. The molecule has 0 heterocycles. The first-order chi connectivity index (χ1) is 7.67. The fourth-order valence-electron chi connectivity index (χ4n) is 1.78. The Balaban J connectivity index is 2.72. The van der Waals surface area contributed by atoms with Gasteiger partial charge in [-0.2, -0.15) is 0 Å². The average molecular weight is 221 g/mol. The predicted molar refractivity (Wildman–Crippen MR) is 64.3 cm³/mol. The Bertz CT molecular complexity index is 350. The zero-order chi connectivity index (χ0) is 12.0. The fourth-order valence-corrected chi connectivity index (χ4v) is 1.78. The Kier molecular flexibility index (Phi) is 4.83. The van der Waals surface area contributed by atoms with Gasteiger partial charge in [-0.25, -0.2) is 0 Å². The summed E-state index contributed by atoms with van der Waals surface area (Å²) in [5.74, 6) is 0.527. The molecule has 0 bridgehead atoms. The molecule has 0 spiro atoms. The second-order valence-electron chi connectivity index (χ2n) is 3.94. The van der Waals surface area contributed by atoms with Gasteiger partial charge in [0.1, 0.15) is 5.75 Å². The van der Waals surface area contributed by atoms with Gasteiger partial charge in [-0.15, -0.1) is 0 Å². The van der Waals surface area contributed by atoms with Crippen molar-refractivity contribution < 1.29 is 9.53 Å². The topological polar surface area (TPSA) is 52.3 Å². The van der Waals surface area contributed by atoms with Gasteiger partial charge in [0.05, 0.1) is 7.11 Å². The summed E-state index contributed by atoms with van der Waals surface area (Å²) in [6.07, 6.45) is 2.50. The standard InChI is InChI=1S/C13H19NO2/c1-3-5-11(13(14)15)8-10-6-4-7-12(9-10)16-2/h4,6-7,9,11H,3,5,8H2,1-2H3,(H2,14,15)/t11-/m1/s1. The normalized spacial score (nSPS) is 12.1. The molecule has 1 amide bonds. The number of amides is 1. The third-order valence-corrected chi connectivity index (χ3v) is 2.66. The van der Waals surface area contributed by atoms with E-state index in [0.717, 1.165) is 24.2 Å². The van der Waals surface area contributed by atoms with E-state index in [2.05, 4.69) is 6.92 Å². The zero-order valence-corrected chi connectivity index (χ0v) is 9.90. The van der Waals surface area contributed by atoms with Crippen molar-refractivity contribution in [3.8, 4) is 5.75 Å². The van der Waals surface area contributed by atoms with Crippen molar-refractivity contribution in [1.82, 2.24) is 0 Å². The molecule has 1 aromatic carbocycles. The number of hydrogen-bond acceptors (Lipinski definition) is 2. The SMILES string of the molecule is CCC[C@H](Cc1cccc(OC)c1)C(N)=O. The summed E-state index contributed by atoms with van der Waals surface area (Å²) in [7, 11) is 1.64. The molecule has 0 fully saturated rings. The number of rotatable bonds is 6. The monoisotopic (exact) mass is 221 g/mol. The average Bonchev–Trinajstić information content (AvgIpc) is 2.28. The molecular formula is C13H19NO2. The van der Waals surface area contributed by atoms with Crippen LogP contribution in [0.25, 0.3) is 0 Å². The molecule has 1 rings (SSSR count). The van der Waals surface area contributed by atoms with Crippen LogP contribution in [0.15, 0.2) is 24.3 Å². The molecule has 16 heavy (non-hydrogen) atoms. The smallest absolute Gasteiger partial charge is 0.220 e. The molecule has 3 nitrogen and oxygen atoms in total. The predicted octanol–water partition coefficient (Wildman–Crippen LogP) is 2.14. The van der Waals surface area contributed by atoms with Crippen molar-refractivity contribution in [2.24, 2.45) is 11.7 Å². The first kappa shape index (κ1) is 12.6. The van der Waals surface area contributed by atoms with Crippen molar-refractivity contribution in [2.75, 3.05) is 7.11 Å². The van der Waals surface area contributed by atoms with Crippen molar-refractivity contribution in [3.05, 3.63) is 29.8 Å². The second-order valence-corrected chi connectivity index (χ2v) is 3.94. The van der Waals surface area contributed by atoms with E-state index in [1.807, 2.05) is 24.3 Å². The van der Waals surface area contributed by atoms with Crippen LogP contribution in [0.1, 0.15) is 25.3 Å². The van der Waals surface area contributed by atoms with Gasteiger partial charge >= 0.3 is 0 Å². The maximum absolute atomic E-state index is 11.2. The van der Waals surface area contributed by atoms with Gasteiger partial charge in [0, 0.05) is 5.92 Å². The molecule has 0 unspecified atom stereocenters. The Morgan fingerprint density at radius 1 is 1.50 bits per heavy atom. The lowest BCUT2D eigenvalue weighted by Crippen LogP contribution is -2.24. The maximum atomic E-state index is 11.2. The highest BCUT2D eigenvalue weighted by atomic mass is 16.5. The highest BCUT2D eigenvalue weighted by molar-refractivity contribution is 5.76. The molecule has 1 atom stereocenters. The molecule has 1 aromatic rings. The van der Waals surface area contributed by atoms with E-state index in [-0.39, 0.29) is 11.8 Å². The van der Waals surface area contributed by atoms with Crippen LogP contribution in [0.4, 0.5) is 0 Å². The summed E-state index contributed by atoms with van der Waals surface area (Å²) in [6, 6.07) is 7.76. The van der Waals surface area contributed by atoms with Crippen LogP contribution < -0.4 is 10.5 Å². The molecule has 2 N–H and O–H groups in total. The summed E-state index contributed by atoms with van der Waals surface area (Å²) in [6.45, 7) is 2.06. The molecule has 0 saturated carbocycles. The van der Waals surface area contributed by atoms with Crippen molar-refractivity contribution in [2.45, 2.75) is 26.2 Å². The summed E-state index contributed by atoms with van der Waals surface area (Å²) >= 11 is 0. The number of nitrogens with two attached hydrogens (primary N) is 1. The number of ether oxygens (including phenoxy) is 1. The number of primary amides is 1. The molecular weight excluding hydrogens is 202 g/mol. The van der Waals surface area contributed by atoms with E-state index in [1.54, 1.807) is 7.11 Å². The summed E-state index contributed by atoms with van der Waals surface area (Å²) in [4.78, 5) is 11.2. The van der Waals surface area contributed by atoms with Crippen LogP contribution in [0.2, 0.25) is 0 Å². The zero-order valence-electron chi connectivity index (χ0n) is 9.90. The van der Waals surface area contributed by atoms with Gasteiger partial charge < -0.3 is 10.5 Å². The highest BCUT2D eigenvalue weighted by Crippen LogP contribution is 2.18. The number of benzene rings is 1. The van der Waals surface area contributed by atoms with E-state index >= 15 is 0 Å². The van der Waals surface area contributed by atoms with Crippen LogP contribution in [-0.2, 0) is 11.2 Å². The largest absolute Gasteiger partial charge is 0.497 e. The lowest BCUT2D eigenvalue weighted by atomic mass is 9.94. The molecule has 0 aliphatic heterocycles. The quantitative estimate of drug-likeness (QED) is 0.800. The van der Waals surface area contributed by atoms with Crippen LogP contribution in [0.3, 0.4) is 0 Å². The lowest BCUT2D eigenvalue weighted by molar-refractivity contribution is -0.122. The molecule has 3 heteroatoms. The minimum Gasteiger partial charge on any atom is -0.497 e. The molecule has 0 saturated heterocycles. The van der Waals surface area contributed by atoms with Gasteiger partial charge in [0.2, 0.25) is 5.91 Å². The highest BCUT2D eigenvalue weighted by Gasteiger charge is 2.14. The number of methoxy groups -OCH3 is 1. The Labute approximate surface area is 96.6 Å². The molecule has 0 radical (unpaired) electrons. The minimum absolute atomic E-state index is 0.0721. The lowest BCUT2D eigenvalue weighted by Gasteiger charge is -2.12. The minimum atomic E-state index is -0.218.